The van der Waals surface area contributed by atoms with E-state index in [4.69, 9.17) is 5.73 Å². The van der Waals surface area contributed by atoms with Crippen molar-refractivity contribution in [3.63, 3.8) is 0 Å². The topological polar surface area (TPSA) is 63.8 Å². The summed E-state index contributed by atoms with van der Waals surface area (Å²) in [6.07, 6.45) is 5.40. The fourth-order valence-corrected chi connectivity index (χ4v) is 1.19. The summed E-state index contributed by atoms with van der Waals surface area (Å²) in [5, 5.41) is 3.25. The third-order valence-electron chi connectivity index (χ3n) is 1.97. The largest absolute Gasteiger partial charge is 0.370 e. The maximum Gasteiger partial charge on any atom is 0.144 e. The first-order valence-electron chi connectivity index (χ1n) is 5.12. The number of unbranched alkanes of at least 4 members (excludes halogenated alkanes) is 2. The maximum atomic E-state index is 5.44. The molecule has 14 heavy (non-hydrogen) atoms. The van der Waals surface area contributed by atoms with Crippen molar-refractivity contribution in [3.05, 3.63) is 18.1 Å². The summed E-state index contributed by atoms with van der Waals surface area (Å²) in [5.74, 6) is 1.56. The molecule has 0 atom stereocenters. The minimum atomic E-state index is 0.393. The third kappa shape index (κ3) is 3.70. The first-order chi connectivity index (χ1) is 6.86. The lowest BCUT2D eigenvalue weighted by Crippen LogP contribution is -2.07. The highest BCUT2D eigenvalue weighted by atomic mass is 15.0. The molecule has 4 heteroatoms. The zero-order valence-corrected chi connectivity index (χ0v) is 8.66. The number of anilines is 1. The molecule has 0 saturated carbocycles. The quantitative estimate of drug-likeness (QED) is 0.674. The van der Waals surface area contributed by atoms with E-state index in [-0.39, 0.29) is 0 Å². The maximum absolute atomic E-state index is 5.44. The lowest BCUT2D eigenvalue weighted by atomic mass is 10.2. The molecule has 0 radical (unpaired) electrons. The SMILES string of the molecule is CCCCCNc1ccnc(CN)n1. The number of nitrogens with two attached hydrogens (primary N) is 1. The highest BCUT2D eigenvalue weighted by Gasteiger charge is 1.95. The van der Waals surface area contributed by atoms with Gasteiger partial charge in [-0.05, 0) is 12.5 Å². The molecular formula is C10H18N4. The second kappa shape index (κ2) is 6.32. The Labute approximate surface area is 85.0 Å². The van der Waals surface area contributed by atoms with Gasteiger partial charge in [0.25, 0.3) is 0 Å². The Morgan fingerprint density at radius 2 is 2.29 bits per heavy atom. The highest BCUT2D eigenvalue weighted by molar-refractivity contribution is 5.32. The Kier molecular flexibility index (Phi) is 4.93. The minimum Gasteiger partial charge on any atom is -0.370 e. The van der Waals surface area contributed by atoms with Crippen molar-refractivity contribution in [2.24, 2.45) is 5.73 Å². The summed E-state index contributed by atoms with van der Waals surface area (Å²) in [6.45, 7) is 3.55. The Morgan fingerprint density at radius 3 is 3.00 bits per heavy atom. The van der Waals surface area contributed by atoms with Crippen LogP contribution in [0.2, 0.25) is 0 Å². The van der Waals surface area contributed by atoms with Crippen LogP contribution >= 0.6 is 0 Å². The van der Waals surface area contributed by atoms with Gasteiger partial charge in [-0.25, -0.2) is 9.97 Å². The van der Waals surface area contributed by atoms with Gasteiger partial charge in [-0.15, -0.1) is 0 Å². The van der Waals surface area contributed by atoms with Crippen LogP contribution in [-0.2, 0) is 6.54 Å². The Bertz CT molecular complexity index is 262. The second-order valence-corrected chi connectivity index (χ2v) is 3.20. The van der Waals surface area contributed by atoms with Crippen LogP contribution in [-0.4, -0.2) is 16.5 Å². The Morgan fingerprint density at radius 1 is 1.43 bits per heavy atom. The van der Waals surface area contributed by atoms with E-state index in [0.29, 0.717) is 12.4 Å². The fraction of sp³-hybridized carbons (Fsp3) is 0.600. The van der Waals surface area contributed by atoms with Gasteiger partial charge in [-0.2, -0.15) is 0 Å². The monoisotopic (exact) mass is 194 g/mol. The van der Waals surface area contributed by atoms with Gasteiger partial charge in [-0.1, -0.05) is 19.8 Å². The van der Waals surface area contributed by atoms with Crippen molar-refractivity contribution in [2.45, 2.75) is 32.7 Å². The third-order valence-corrected chi connectivity index (χ3v) is 1.97. The smallest absolute Gasteiger partial charge is 0.144 e. The van der Waals surface area contributed by atoms with Crippen LogP contribution in [0.25, 0.3) is 0 Å². The van der Waals surface area contributed by atoms with Crippen LogP contribution in [0, 0.1) is 0 Å². The van der Waals surface area contributed by atoms with E-state index in [1.54, 1.807) is 6.20 Å². The lowest BCUT2D eigenvalue weighted by molar-refractivity contribution is 0.741. The summed E-state index contributed by atoms with van der Waals surface area (Å²) in [7, 11) is 0. The number of hydrogen-bond donors (Lipinski definition) is 2. The zero-order chi connectivity index (χ0) is 10.2. The molecule has 0 bridgehead atoms. The van der Waals surface area contributed by atoms with E-state index in [9.17, 15) is 0 Å². The molecule has 4 nitrogen and oxygen atoms in total. The van der Waals surface area contributed by atoms with E-state index < -0.39 is 0 Å². The summed E-state index contributed by atoms with van der Waals surface area (Å²) in [6, 6.07) is 1.87. The van der Waals surface area contributed by atoms with Crippen LogP contribution in [0.4, 0.5) is 5.82 Å². The van der Waals surface area contributed by atoms with Crippen LogP contribution in [0.15, 0.2) is 12.3 Å². The molecule has 3 N–H and O–H groups in total. The standard InChI is InChI=1S/C10H18N4/c1-2-3-4-6-12-9-5-7-13-10(8-11)14-9/h5,7H,2-4,6,8,11H2,1H3,(H,12,13,14). The van der Waals surface area contributed by atoms with E-state index in [1.165, 1.54) is 19.3 Å². The van der Waals surface area contributed by atoms with E-state index in [2.05, 4.69) is 22.2 Å². The summed E-state index contributed by atoms with van der Waals surface area (Å²) in [5.41, 5.74) is 5.44. The van der Waals surface area contributed by atoms with Crippen molar-refractivity contribution in [1.82, 2.24) is 9.97 Å². The molecule has 0 saturated heterocycles. The van der Waals surface area contributed by atoms with E-state index >= 15 is 0 Å². The molecule has 1 heterocycles. The molecule has 0 spiro atoms. The lowest BCUT2D eigenvalue weighted by Gasteiger charge is -2.05. The van der Waals surface area contributed by atoms with Gasteiger partial charge in [0.2, 0.25) is 0 Å². The molecule has 0 aliphatic carbocycles. The average Bonchev–Trinajstić information content (AvgIpc) is 2.25. The molecule has 0 amide bonds. The van der Waals surface area contributed by atoms with Gasteiger partial charge >= 0.3 is 0 Å². The van der Waals surface area contributed by atoms with Crippen molar-refractivity contribution >= 4 is 5.82 Å². The number of aromatic nitrogens is 2. The van der Waals surface area contributed by atoms with E-state index in [0.717, 1.165) is 12.4 Å². The first kappa shape index (κ1) is 10.9. The molecule has 0 aromatic carbocycles. The Hall–Kier alpha value is -1.16. The molecule has 0 fully saturated rings. The van der Waals surface area contributed by atoms with Gasteiger partial charge in [0.15, 0.2) is 0 Å². The van der Waals surface area contributed by atoms with Gasteiger partial charge in [0, 0.05) is 12.7 Å². The number of hydrogen-bond acceptors (Lipinski definition) is 4. The number of rotatable bonds is 6. The summed E-state index contributed by atoms with van der Waals surface area (Å²) in [4.78, 5) is 8.27. The Balaban J connectivity index is 2.34. The zero-order valence-electron chi connectivity index (χ0n) is 8.66. The minimum absolute atomic E-state index is 0.393. The van der Waals surface area contributed by atoms with Crippen LogP contribution < -0.4 is 11.1 Å². The molecule has 1 aromatic rings. The normalized spacial score (nSPS) is 10.1. The summed E-state index contributed by atoms with van der Waals surface area (Å²) < 4.78 is 0. The van der Waals surface area contributed by atoms with Gasteiger partial charge in [0.05, 0.1) is 6.54 Å². The number of nitrogens with zero attached hydrogens (tertiary/aromatic N) is 2. The highest BCUT2D eigenvalue weighted by Crippen LogP contribution is 2.02. The van der Waals surface area contributed by atoms with Gasteiger partial charge in [0.1, 0.15) is 11.6 Å². The molecule has 78 valence electrons. The van der Waals surface area contributed by atoms with Crippen LogP contribution in [0.3, 0.4) is 0 Å². The molecule has 0 aliphatic rings. The first-order valence-corrected chi connectivity index (χ1v) is 5.12. The predicted molar refractivity (Wildman–Crippen MR) is 57.9 cm³/mol. The average molecular weight is 194 g/mol. The molecular weight excluding hydrogens is 176 g/mol. The van der Waals surface area contributed by atoms with Crippen LogP contribution in [0.5, 0.6) is 0 Å². The second-order valence-electron chi connectivity index (χ2n) is 3.20. The van der Waals surface area contributed by atoms with Crippen molar-refractivity contribution in [3.8, 4) is 0 Å². The molecule has 0 aliphatic heterocycles. The molecule has 0 unspecified atom stereocenters. The van der Waals surface area contributed by atoms with Crippen molar-refractivity contribution < 1.29 is 0 Å². The number of nitrogens with one attached hydrogen (secondary N) is 1. The molecule has 1 aromatic heterocycles. The van der Waals surface area contributed by atoms with Gasteiger partial charge in [-0.3, -0.25) is 0 Å². The van der Waals surface area contributed by atoms with E-state index in [1.807, 2.05) is 6.07 Å². The van der Waals surface area contributed by atoms with Crippen LogP contribution in [0.1, 0.15) is 32.0 Å². The van der Waals surface area contributed by atoms with Gasteiger partial charge < -0.3 is 11.1 Å². The fourth-order valence-electron chi connectivity index (χ4n) is 1.19. The van der Waals surface area contributed by atoms with Crippen molar-refractivity contribution in [2.75, 3.05) is 11.9 Å². The summed E-state index contributed by atoms with van der Waals surface area (Å²) >= 11 is 0. The molecule has 1 rings (SSSR count). The van der Waals surface area contributed by atoms with Crippen molar-refractivity contribution in [1.29, 1.82) is 0 Å². The predicted octanol–water partition coefficient (Wildman–Crippen LogP) is 1.54.